The zero-order valence-electron chi connectivity index (χ0n) is 12.4. The lowest BCUT2D eigenvalue weighted by Crippen LogP contribution is -2.21. The normalized spacial score (nSPS) is 18.1. The number of hydrogen-bond donors (Lipinski definition) is 0. The van der Waals surface area contributed by atoms with E-state index in [9.17, 15) is 8.42 Å². The van der Waals surface area contributed by atoms with Crippen LogP contribution in [0.1, 0.15) is 40.9 Å². The second-order valence-corrected chi connectivity index (χ2v) is 7.61. The summed E-state index contributed by atoms with van der Waals surface area (Å²) in [6.45, 7) is 0.180. The molecule has 1 aromatic carbocycles. The fourth-order valence-corrected chi connectivity index (χ4v) is 4.71. The van der Waals surface area contributed by atoms with Crippen LogP contribution < -0.4 is 0 Å². The molecule has 0 bridgehead atoms. The Morgan fingerprint density at radius 1 is 1.36 bits per heavy atom. The molecule has 7 heteroatoms. The number of rotatable bonds is 5. The van der Waals surface area contributed by atoms with Crippen LogP contribution in [-0.2, 0) is 33.4 Å². The molecule has 22 heavy (non-hydrogen) atoms. The number of hydrogen-bond acceptors (Lipinski definition) is 6. The van der Waals surface area contributed by atoms with E-state index in [-0.39, 0.29) is 24.1 Å². The summed E-state index contributed by atoms with van der Waals surface area (Å²) in [5, 5.41) is 3.24. The van der Waals surface area contributed by atoms with Crippen LogP contribution >= 0.6 is 0 Å². The second-order valence-electron chi connectivity index (χ2n) is 5.42. The summed E-state index contributed by atoms with van der Waals surface area (Å²) in [5.41, 5.74) is 2.03. The molecule has 1 unspecified atom stereocenters. The maximum atomic E-state index is 12.7. The molecular formula is C15H18N2O4S. The summed E-state index contributed by atoms with van der Waals surface area (Å²) >= 11 is 0. The van der Waals surface area contributed by atoms with Gasteiger partial charge in [0.25, 0.3) is 5.89 Å². The highest BCUT2D eigenvalue weighted by Crippen LogP contribution is 2.36. The molecule has 1 atom stereocenters. The first kappa shape index (κ1) is 15.2. The summed E-state index contributed by atoms with van der Waals surface area (Å²) in [7, 11) is -1.86. The van der Waals surface area contributed by atoms with Crippen molar-refractivity contribution in [3.8, 4) is 0 Å². The van der Waals surface area contributed by atoms with Crippen molar-refractivity contribution in [2.45, 2.75) is 36.9 Å². The number of aromatic nitrogens is 2. The van der Waals surface area contributed by atoms with Gasteiger partial charge >= 0.3 is 0 Å². The molecule has 0 radical (unpaired) electrons. The van der Waals surface area contributed by atoms with E-state index >= 15 is 0 Å². The van der Waals surface area contributed by atoms with E-state index in [1.807, 2.05) is 24.3 Å². The Balaban J connectivity index is 1.84. The minimum atomic E-state index is -3.38. The number of sulfone groups is 1. The molecule has 0 N–H and O–H groups in total. The first-order valence-electron chi connectivity index (χ1n) is 7.20. The van der Waals surface area contributed by atoms with Crippen LogP contribution in [0.25, 0.3) is 0 Å². The van der Waals surface area contributed by atoms with Gasteiger partial charge in [-0.15, -0.1) is 0 Å². The van der Waals surface area contributed by atoms with Crippen molar-refractivity contribution in [2.24, 2.45) is 0 Å². The van der Waals surface area contributed by atoms with Gasteiger partial charge in [-0.1, -0.05) is 29.4 Å². The van der Waals surface area contributed by atoms with E-state index in [1.54, 1.807) is 0 Å². The molecule has 1 heterocycles. The highest BCUT2D eigenvalue weighted by molar-refractivity contribution is 7.90. The fraction of sp³-hybridized carbons (Fsp3) is 0.467. The fourth-order valence-electron chi connectivity index (χ4n) is 2.89. The Labute approximate surface area is 129 Å². The van der Waals surface area contributed by atoms with Crippen LogP contribution in [0.2, 0.25) is 0 Å². The number of aryl methyl sites for hydroxylation is 1. The molecule has 3 rings (SSSR count). The van der Waals surface area contributed by atoms with E-state index < -0.39 is 15.1 Å². The molecule has 0 saturated carbocycles. The maximum Gasteiger partial charge on any atom is 0.252 e. The third-order valence-electron chi connectivity index (χ3n) is 3.86. The van der Waals surface area contributed by atoms with Crippen molar-refractivity contribution >= 4 is 9.84 Å². The average molecular weight is 322 g/mol. The van der Waals surface area contributed by atoms with Gasteiger partial charge in [0.05, 0.1) is 5.25 Å². The Kier molecular flexibility index (Phi) is 4.26. The van der Waals surface area contributed by atoms with Crippen molar-refractivity contribution in [3.63, 3.8) is 0 Å². The molecule has 0 aliphatic heterocycles. The van der Waals surface area contributed by atoms with Crippen molar-refractivity contribution in [1.29, 1.82) is 0 Å². The van der Waals surface area contributed by atoms with Gasteiger partial charge in [0, 0.05) is 7.11 Å². The lowest BCUT2D eigenvalue weighted by atomic mass is 9.91. The van der Waals surface area contributed by atoms with E-state index in [0.29, 0.717) is 6.42 Å². The van der Waals surface area contributed by atoms with Gasteiger partial charge in [0.1, 0.15) is 12.4 Å². The van der Waals surface area contributed by atoms with E-state index in [4.69, 9.17) is 9.26 Å². The van der Waals surface area contributed by atoms with Gasteiger partial charge in [-0.2, -0.15) is 4.98 Å². The SMILES string of the molecule is COCc1nc(CS(=O)(=O)C2CCCc3ccccc32)no1. The maximum absolute atomic E-state index is 12.7. The number of nitrogens with zero attached hydrogens (tertiary/aromatic N) is 2. The zero-order valence-corrected chi connectivity index (χ0v) is 13.2. The van der Waals surface area contributed by atoms with E-state index in [0.717, 1.165) is 24.0 Å². The first-order valence-corrected chi connectivity index (χ1v) is 8.91. The highest BCUT2D eigenvalue weighted by Gasteiger charge is 2.32. The Hall–Kier alpha value is -1.73. The Bertz CT molecular complexity index is 754. The molecule has 1 aliphatic rings. The number of methoxy groups -OCH3 is 1. The van der Waals surface area contributed by atoms with Crippen LogP contribution in [0, 0.1) is 0 Å². The smallest absolute Gasteiger partial charge is 0.252 e. The summed E-state index contributed by atoms with van der Waals surface area (Å²) in [4.78, 5) is 4.05. The predicted octanol–water partition coefficient (Wildman–Crippen LogP) is 2.21. The number of ether oxygens (including phenoxy) is 1. The monoisotopic (exact) mass is 322 g/mol. The van der Waals surface area contributed by atoms with Gasteiger partial charge < -0.3 is 9.26 Å². The summed E-state index contributed by atoms with van der Waals surface area (Å²) in [5.74, 6) is 0.269. The molecule has 1 aromatic heterocycles. The van der Waals surface area contributed by atoms with Crippen molar-refractivity contribution in [1.82, 2.24) is 10.1 Å². The lowest BCUT2D eigenvalue weighted by Gasteiger charge is -2.24. The van der Waals surface area contributed by atoms with E-state index in [2.05, 4.69) is 10.1 Å². The standard InChI is InChI=1S/C15H18N2O4S/c1-20-9-15-16-14(17-21-15)10-22(18,19)13-8-4-6-11-5-2-3-7-12(11)13/h2-3,5,7,13H,4,6,8-10H2,1H3. The van der Waals surface area contributed by atoms with Crippen LogP contribution in [0.15, 0.2) is 28.8 Å². The van der Waals surface area contributed by atoms with Crippen LogP contribution in [0.4, 0.5) is 0 Å². The minimum absolute atomic E-state index is 0.180. The topological polar surface area (TPSA) is 82.3 Å². The van der Waals surface area contributed by atoms with Crippen LogP contribution in [0.3, 0.4) is 0 Å². The highest BCUT2D eigenvalue weighted by atomic mass is 32.2. The summed E-state index contributed by atoms with van der Waals surface area (Å²) in [6, 6.07) is 7.74. The quantitative estimate of drug-likeness (QED) is 0.839. The van der Waals surface area contributed by atoms with Crippen LogP contribution in [-0.4, -0.2) is 25.7 Å². The first-order chi connectivity index (χ1) is 10.6. The average Bonchev–Trinajstić information content (AvgIpc) is 2.93. The Morgan fingerprint density at radius 3 is 3.00 bits per heavy atom. The minimum Gasteiger partial charge on any atom is -0.375 e. The second kappa shape index (κ2) is 6.18. The zero-order chi connectivity index (χ0) is 15.6. The van der Waals surface area contributed by atoms with Crippen LogP contribution in [0.5, 0.6) is 0 Å². The number of fused-ring (bicyclic) bond motifs is 1. The van der Waals surface area contributed by atoms with Gasteiger partial charge in [0.15, 0.2) is 15.7 Å². The van der Waals surface area contributed by atoms with E-state index in [1.165, 1.54) is 7.11 Å². The molecule has 0 amide bonds. The van der Waals surface area contributed by atoms with Crippen molar-refractivity contribution in [2.75, 3.05) is 7.11 Å². The largest absolute Gasteiger partial charge is 0.375 e. The van der Waals surface area contributed by atoms with Gasteiger partial charge in [-0.25, -0.2) is 8.42 Å². The van der Waals surface area contributed by atoms with Gasteiger partial charge in [-0.3, -0.25) is 0 Å². The Morgan fingerprint density at radius 2 is 2.18 bits per heavy atom. The van der Waals surface area contributed by atoms with Crippen molar-refractivity contribution in [3.05, 3.63) is 47.1 Å². The molecule has 118 valence electrons. The van der Waals surface area contributed by atoms with Gasteiger partial charge in [-0.05, 0) is 30.4 Å². The lowest BCUT2D eigenvalue weighted by molar-refractivity contribution is 0.151. The third-order valence-corrected chi connectivity index (χ3v) is 5.87. The number of benzene rings is 1. The molecule has 6 nitrogen and oxygen atoms in total. The molecule has 1 aliphatic carbocycles. The summed E-state index contributed by atoms with van der Waals surface area (Å²) < 4.78 is 35.3. The summed E-state index contributed by atoms with van der Waals surface area (Å²) in [6.07, 6.45) is 2.45. The molecular weight excluding hydrogens is 304 g/mol. The predicted molar refractivity (Wildman–Crippen MR) is 79.8 cm³/mol. The van der Waals surface area contributed by atoms with Crippen molar-refractivity contribution < 1.29 is 17.7 Å². The molecule has 0 spiro atoms. The van der Waals surface area contributed by atoms with Gasteiger partial charge in [0.2, 0.25) is 0 Å². The molecule has 2 aromatic rings. The molecule has 0 fully saturated rings. The molecule has 0 saturated heterocycles. The third kappa shape index (κ3) is 3.05.